The molecule has 3 aromatic rings. The lowest BCUT2D eigenvalue weighted by Crippen LogP contribution is -2.43. The minimum Gasteiger partial charge on any atom is -0.489 e. The van der Waals surface area contributed by atoms with Crippen LogP contribution >= 0.6 is 0 Å². The number of aromatic nitrogens is 1. The van der Waals surface area contributed by atoms with Gasteiger partial charge in [-0.15, -0.1) is 0 Å². The minimum absolute atomic E-state index is 0.147. The average Bonchev–Trinajstić information content (AvgIpc) is 2.93. The molecule has 0 aliphatic carbocycles. The van der Waals surface area contributed by atoms with Crippen LogP contribution in [0, 0.1) is 13.8 Å². The van der Waals surface area contributed by atoms with E-state index in [4.69, 9.17) is 4.74 Å². The molecule has 2 aliphatic heterocycles. The number of carbonyl (C=O) groups is 1. The van der Waals surface area contributed by atoms with Crippen LogP contribution in [0.3, 0.4) is 0 Å². The van der Waals surface area contributed by atoms with Crippen molar-refractivity contribution in [1.29, 1.82) is 0 Å². The summed E-state index contributed by atoms with van der Waals surface area (Å²) in [5.74, 6) is 0.345. The van der Waals surface area contributed by atoms with Crippen molar-refractivity contribution < 1.29 is 9.53 Å². The number of aryl methyl sites for hydroxylation is 2. The fourth-order valence-corrected chi connectivity index (χ4v) is 5.65. The van der Waals surface area contributed by atoms with Crippen molar-refractivity contribution in [2.75, 3.05) is 51.3 Å². The number of piperazine rings is 1. The van der Waals surface area contributed by atoms with Crippen molar-refractivity contribution >= 4 is 11.6 Å². The van der Waals surface area contributed by atoms with E-state index in [1.54, 1.807) is 0 Å². The first-order valence-corrected chi connectivity index (χ1v) is 14.2. The third kappa shape index (κ3) is 6.08. The number of anilines is 1. The lowest BCUT2D eigenvalue weighted by atomic mass is 9.98. The van der Waals surface area contributed by atoms with Crippen LogP contribution in [0.2, 0.25) is 0 Å². The van der Waals surface area contributed by atoms with Gasteiger partial charge in [-0.2, -0.15) is 0 Å². The van der Waals surface area contributed by atoms with Crippen molar-refractivity contribution in [3.05, 3.63) is 80.8 Å². The maximum Gasteiger partial charge on any atom is 0.255 e. The van der Waals surface area contributed by atoms with Gasteiger partial charge in [-0.25, -0.2) is 0 Å². The highest BCUT2D eigenvalue weighted by Crippen LogP contribution is 2.40. The van der Waals surface area contributed by atoms with E-state index in [1.807, 2.05) is 26.0 Å². The number of ether oxygens (including phenoxy) is 1. The number of likely N-dealkylation sites (N-methyl/N-ethyl adjacent to an activating group) is 1. The molecule has 40 heavy (non-hydrogen) atoms. The number of hydrogen-bond acceptors (Lipinski definition) is 6. The molecule has 0 spiro atoms. The van der Waals surface area contributed by atoms with Crippen LogP contribution in [-0.4, -0.2) is 73.1 Å². The van der Waals surface area contributed by atoms with Gasteiger partial charge in [-0.3, -0.25) is 14.5 Å². The van der Waals surface area contributed by atoms with Crippen LogP contribution in [0.4, 0.5) is 5.69 Å². The molecule has 0 unspecified atom stereocenters. The Labute approximate surface area is 236 Å². The van der Waals surface area contributed by atoms with Crippen LogP contribution in [-0.2, 0) is 13.1 Å². The summed E-state index contributed by atoms with van der Waals surface area (Å²) in [4.78, 5) is 36.1. The topological polar surface area (TPSA) is 80.9 Å². The normalized spacial score (nSPS) is 16.1. The minimum atomic E-state index is -0.255. The molecule has 0 saturated carbocycles. The lowest BCUT2D eigenvalue weighted by molar-refractivity contribution is 0.0946. The monoisotopic (exact) mass is 543 g/mol. The first-order chi connectivity index (χ1) is 19.2. The van der Waals surface area contributed by atoms with Gasteiger partial charge in [0, 0.05) is 56.6 Å². The van der Waals surface area contributed by atoms with Crippen molar-refractivity contribution in [3.63, 3.8) is 0 Å². The Hall–Kier alpha value is -3.62. The summed E-state index contributed by atoms with van der Waals surface area (Å²) in [6.45, 7) is 14.8. The number of fused-ring (bicyclic) bond motifs is 1. The van der Waals surface area contributed by atoms with Gasteiger partial charge in [-0.1, -0.05) is 24.3 Å². The number of rotatable bonds is 7. The summed E-state index contributed by atoms with van der Waals surface area (Å²) in [5, 5.41) is 2.98. The number of pyridine rings is 1. The van der Waals surface area contributed by atoms with E-state index >= 15 is 0 Å². The van der Waals surface area contributed by atoms with Gasteiger partial charge >= 0.3 is 0 Å². The molecule has 1 saturated heterocycles. The average molecular weight is 544 g/mol. The second-order valence-electron chi connectivity index (χ2n) is 11.4. The predicted octanol–water partition coefficient (Wildman–Crippen LogP) is 3.94. The highest BCUT2D eigenvalue weighted by atomic mass is 16.5. The maximum absolute atomic E-state index is 13.6. The second-order valence-corrected chi connectivity index (χ2v) is 11.4. The second kappa shape index (κ2) is 11.9. The summed E-state index contributed by atoms with van der Waals surface area (Å²) in [5.41, 5.74) is 6.77. The van der Waals surface area contributed by atoms with Crippen molar-refractivity contribution in [3.8, 4) is 16.9 Å². The van der Waals surface area contributed by atoms with Gasteiger partial charge in [0.05, 0.1) is 17.8 Å². The summed E-state index contributed by atoms with van der Waals surface area (Å²) < 4.78 is 6.09. The Bertz CT molecular complexity index is 1420. The Kier molecular flexibility index (Phi) is 8.28. The highest BCUT2D eigenvalue weighted by Gasteiger charge is 2.27. The van der Waals surface area contributed by atoms with Gasteiger partial charge in [0.15, 0.2) is 5.75 Å². The van der Waals surface area contributed by atoms with Crippen LogP contribution < -0.4 is 20.5 Å². The quantitative estimate of drug-likeness (QED) is 0.470. The number of amides is 1. The Morgan fingerprint density at radius 2 is 1.73 bits per heavy atom. The Morgan fingerprint density at radius 1 is 1.00 bits per heavy atom. The summed E-state index contributed by atoms with van der Waals surface area (Å²) in [6.07, 6.45) is 0. The molecular weight excluding hydrogens is 502 g/mol. The number of H-pyrrole nitrogens is 1. The van der Waals surface area contributed by atoms with Gasteiger partial charge < -0.3 is 24.8 Å². The van der Waals surface area contributed by atoms with E-state index in [0.717, 1.165) is 67.3 Å². The van der Waals surface area contributed by atoms with Gasteiger partial charge in [0.2, 0.25) is 0 Å². The molecular formula is C32H41N5O3. The first kappa shape index (κ1) is 27.9. The molecule has 5 rings (SSSR count). The van der Waals surface area contributed by atoms with E-state index in [1.165, 1.54) is 5.56 Å². The summed E-state index contributed by atoms with van der Waals surface area (Å²) in [6, 6.07) is 14.9. The zero-order valence-electron chi connectivity index (χ0n) is 24.3. The van der Waals surface area contributed by atoms with E-state index < -0.39 is 0 Å². The van der Waals surface area contributed by atoms with Gasteiger partial charge in [0.25, 0.3) is 11.5 Å². The molecule has 2 N–H and O–H groups in total. The number of nitrogens with zero attached hydrogens (tertiary/aromatic N) is 3. The zero-order chi connectivity index (χ0) is 28.4. The maximum atomic E-state index is 13.6. The summed E-state index contributed by atoms with van der Waals surface area (Å²) in [7, 11) is 2.17. The first-order valence-electron chi connectivity index (χ1n) is 14.2. The third-order valence-corrected chi connectivity index (χ3v) is 8.03. The molecule has 8 nitrogen and oxygen atoms in total. The van der Waals surface area contributed by atoms with Crippen LogP contribution in [0.1, 0.15) is 46.6 Å². The molecule has 0 bridgehead atoms. The molecule has 0 atom stereocenters. The fraction of sp³-hybridized carbons (Fsp3) is 0.438. The smallest absolute Gasteiger partial charge is 0.255 e. The largest absolute Gasteiger partial charge is 0.489 e. The molecule has 212 valence electrons. The van der Waals surface area contributed by atoms with Crippen molar-refractivity contribution in [2.24, 2.45) is 0 Å². The Morgan fingerprint density at radius 3 is 2.40 bits per heavy atom. The molecule has 1 fully saturated rings. The molecule has 0 radical (unpaired) electrons. The zero-order valence-corrected chi connectivity index (χ0v) is 24.3. The molecule has 1 amide bonds. The molecule has 1 aromatic heterocycles. The molecule has 2 aliphatic rings. The predicted molar refractivity (Wildman–Crippen MR) is 160 cm³/mol. The van der Waals surface area contributed by atoms with Crippen LogP contribution in [0.15, 0.2) is 47.3 Å². The standard InChI is InChI=1S/C32H41N5O3/c1-21(2)37-14-15-40-30-27(31(38)33-19-28-22(3)16-23(4)34-32(28)39)17-26(18-29(30)37)25-8-6-24(7-9-25)20-36-12-10-35(5)11-13-36/h6-9,16-18,21H,10-15,19-20H2,1-5H3,(H,33,38)(H,34,39). The number of carbonyl (C=O) groups excluding carboxylic acids is 1. The van der Waals surface area contributed by atoms with Crippen molar-refractivity contribution in [2.45, 2.75) is 46.8 Å². The van der Waals surface area contributed by atoms with E-state index in [-0.39, 0.29) is 24.1 Å². The van der Waals surface area contributed by atoms with Crippen molar-refractivity contribution in [1.82, 2.24) is 20.1 Å². The van der Waals surface area contributed by atoms with E-state index in [9.17, 15) is 9.59 Å². The summed E-state index contributed by atoms with van der Waals surface area (Å²) >= 11 is 0. The number of nitrogens with one attached hydrogen (secondary N) is 2. The number of aromatic amines is 1. The number of benzene rings is 2. The number of hydrogen-bond donors (Lipinski definition) is 2. The van der Waals surface area contributed by atoms with Crippen LogP contribution in [0.25, 0.3) is 11.1 Å². The van der Waals surface area contributed by atoms with Gasteiger partial charge in [-0.05, 0) is 75.2 Å². The lowest BCUT2D eigenvalue weighted by Gasteiger charge is -2.35. The molecule has 3 heterocycles. The molecule has 2 aromatic carbocycles. The van der Waals surface area contributed by atoms with E-state index in [0.29, 0.717) is 23.5 Å². The molecule has 8 heteroatoms. The third-order valence-electron chi connectivity index (χ3n) is 8.03. The van der Waals surface area contributed by atoms with Gasteiger partial charge in [0.1, 0.15) is 6.61 Å². The fourth-order valence-electron chi connectivity index (χ4n) is 5.65. The van der Waals surface area contributed by atoms with E-state index in [2.05, 4.69) is 76.2 Å². The SMILES string of the molecule is Cc1cc(C)c(CNC(=O)c2cc(-c3ccc(CN4CCN(C)CC4)cc3)cc3c2OCCN3C(C)C)c(=O)[nH]1. The highest BCUT2D eigenvalue weighted by molar-refractivity contribution is 6.01. The van der Waals surface area contributed by atoms with Crippen LogP contribution in [0.5, 0.6) is 5.75 Å². The Balaban J connectivity index is 1.43.